The molecule has 0 saturated carbocycles. The van der Waals surface area contributed by atoms with E-state index in [1.165, 1.54) is 5.56 Å². The highest BCUT2D eigenvalue weighted by Crippen LogP contribution is 2.28. The van der Waals surface area contributed by atoms with Crippen LogP contribution in [0.4, 0.5) is 5.69 Å². The summed E-state index contributed by atoms with van der Waals surface area (Å²) in [6, 6.07) is 12.4. The minimum Gasteiger partial charge on any atom is -0.489 e. The number of ether oxygens (including phenoxy) is 1. The molecule has 1 N–H and O–H groups in total. The average molecular weight is 392 g/mol. The predicted octanol–water partition coefficient (Wildman–Crippen LogP) is 6.05. The summed E-state index contributed by atoms with van der Waals surface area (Å²) < 4.78 is 7.06. The van der Waals surface area contributed by atoms with E-state index in [2.05, 4.69) is 53.3 Å². The second kappa shape index (κ2) is 8.46. The third kappa shape index (κ3) is 4.79. The van der Waals surface area contributed by atoms with Crippen molar-refractivity contribution in [2.24, 2.45) is 0 Å². The Bertz CT molecular complexity index is 700. The van der Waals surface area contributed by atoms with Crippen molar-refractivity contribution < 1.29 is 4.74 Å². The highest BCUT2D eigenvalue weighted by molar-refractivity contribution is 9.10. The first-order valence-electron chi connectivity index (χ1n) is 7.84. The third-order valence-electron chi connectivity index (χ3n) is 3.73. The molecule has 0 aromatic heterocycles. The maximum Gasteiger partial charge on any atom is 0.122 e. The highest BCUT2D eigenvalue weighted by Gasteiger charge is 2.10. The van der Waals surface area contributed by atoms with Crippen molar-refractivity contribution in [1.29, 1.82) is 0 Å². The van der Waals surface area contributed by atoms with Gasteiger partial charge in [-0.25, -0.2) is 0 Å². The first kappa shape index (κ1) is 18.0. The van der Waals surface area contributed by atoms with Gasteiger partial charge in [-0.3, -0.25) is 0 Å². The Hall–Kier alpha value is -1.39. The van der Waals surface area contributed by atoms with Crippen LogP contribution in [-0.4, -0.2) is 4.99 Å². The van der Waals surface area contributed by atoms with Crippen molar-refractivity contribution in [3.05, 3.63) is 57.6 Å². The van der Waals surface area contributed by atoms with Crippen LogP contribution in [0.1, 0.15) is 37.0 Å². The standard InChI is InChI=1S/C19H22BrNOS/c1-4-14-9-10-18(13(3)11-14)22-12-15-16(20)7-6-8-17(15)21-19(23)5-2/h6-11H,4-5,12H2,1-3H3,(H,21,23). The largest absolute Gasteiger partial charge is 0.489 e. The number of thiocarbonyl (C=S) groups is 1. The van der Waals surface area contributed by atoms with Gasteiger partial charge in [0.2, 0.25) is 0 Å². The molecule has 2 nitrogen and oxygen atoms in total. The topological polar surface area (TPSA) is 21.3 Å². The van der Waals surface area contributed by atoms with Crippen LogP contribution in [0.5, 0.6) is 5.75 Å². The molecule has 0 spiro atoms. The summed E-state index contributed by atoms with van der Waals surface area (Å²) in [5.41, 5.74) is 4.55. The predicted molar refractivity (Wildman–Crippen MR) is 106 cm³/mol. The highest BCUT2D eigenvalue weighted by atomic mass is 79.9. The summed E-state index contributed by atoms with van der Waals surface area (Å²) >= 11 is 8.91. The Kier molecular flexibility index (Phi) is 6.60. The smallest absolute Gasteiger partial charge is 0.122 e. The van der Waals surface area contributed by atoms with E-state index in [1.807, 2.05) is 25.1 Å². The zero-order chi connectivity index (χ0) is 16.8. The molecule has 0 fully saturated rings. The van der Waals surface area contributed by atoms with Crippen molar-refractivity contribution in [1.82, 2.24) is 0 Å². The lowest BCUT2D eigenvalue weighted by atomic mass is 10.1. The molecular weight excluding hydrogens is 370 g/mol. The maximum atomic E-state index is 6.05. The van der Waals surface area contributed by atoms with Crippen LogP contribution in [0.2, 0.25) is 0 Å². The molecule has 2 aromatic rings. The maximum absolute atomic E-state index is 6.05. The second-order valence-electron chi connectivity index (χ2n) is 5.41. The quantitative estimate of drug-likeness (QED) is 0.605. The van der Waals surface area contributed by atoms with Crippen LogP contribution >= 0.6 is 28.1 Å². The van der Waals surface area contributed by atoms with Gasteiger partial charge in [0, 0.05) is 15.7 Å². The fourth-order valence-corrected chi connectivity index (χ4v) is 2.89. The lowest BCUT2D eigenvalue weighted by Crippen LogP contribution is -2.10. The van der Waals surface area contributed by atoms with Gasteiger partial charge in [-0.1, -0.05) is 60.2 Å². The monoisotopic (exact) mass is 391 g/mol. The van der Waals surface area contributed by atoms with E-state index >= 15 is 0 Å². The number of hydrogen-bond donors (Lipinski definition) is 1. The normalized spacial score (nSPS) is 10.4. The van der Waals surface area contributed by atoms with Crippen molar-refractivity contribution in [2.75, 3.05) is 5.32 Å². The summed E-state index contributed by atoms with van der Waals surface area (Å²) in [7, 11) is 0. The van der Waals surface area contributed by atoms with Gasteiger partial charge in [0.25, 0.3) is 0 Å². The van der Waals surface area contributed by atoms with Gasteiger partial charge >= 0.3 is 0 Å². The molecule has 2 aromatic carbocycles. The molecule has 2 rings (SSSR count). The summed E-state index contributed by atoms with van der Waals surface area (Å²) in [4.78, 5) is 0.827. The average Bonchev–Trinajstić information content (AvgIpc) is 2.55. The number of benzene rings is 2. The van der Waals surface area contributed by atoms with Crippen molar-refractivity contribution >= 4 is 38.8 Å². The number of halogens is 1. The van der Waals surface area contributed by atoms with E-state index in [0.29, 0.717) is 6.61 Å². The molecule has 0 heterocycles. The van der Waals surface area contributed by atoms with Gasteiger partial charge < -0.3 is 10.1 Å². The minimum absolute atomic E-state index is 0.488. The zero-order valence-corrected chi connectivity index (χ0v) is 16.2. The van der Waals surface area contributed by atoms with Crippen molar-refractivity contribution in [3.63, 3.8) is 0 Å². The molecular formula is C19H22BrNOS. The second-order valence-corrected chi connectivity index (χ2v) is 6.76. The molecule has 0 saturated heterocycles. The molecule has 23 heavy (non-hydrogen) atoms. The van der Waals surface area contributed by atoms with Crippen LogP contribution in [0, 0.1) is 6.92 Å². The van der Waals surface area contributed by atoms with Crippen molar-refractivity contribution in [3.8, 4) is 5.75 Å². The van der Waals surface area contributed by atoms with Gasteiger partial charge in [0.1, 0.15) is 12.4 Å². The van der Waals surface area contributed by atoms with Gasteiger partial charge in [-0.2, -0.15) is 0 Å². The Morgan fingerprint density at radius 3 is 2.65 bits per heavy atom. The van der Waals surface area contributed by atoms with Crippen LogP contribution < -0.4 is 10.1 Å². The Balaban J connectivity index is 2.18. The lowest BCUT2D eigenvalue weighted by Gasteiger charge is -2.16. The lowest BCUT2D eigenvalue weighted by molar-refractivity contribution is 0.304. The van der Waals surface area contributed by atoms with Crippen molar-refractivity contribution in [2.45, 2.75) is 40.2 Å². The Morgan fingerprint density at radius 2 is 2.00 bits per heavy atom. The fourth-order valence-electron chi connectivity index (χ4n) is 2.30. The number of anilines is 1. The van der Waals surface area contributed by atoms with Gasteiger partial charge in [0.05, 0.1) is 4.99 Å². The number of hydrogen-bond acceptors (Lipinski definition) is 2. The SMILES string of the molecule is CCC(=S)Nc1cccc(Br)c1COc1ccc(CC)cc1C. The molecule has 0 aliphatic heterocycles. The molecule has 0 bridgehead atoms. The third-order valence-corrected chi connectivity index (χ3v) is 4.87. The van der Waals surface area contributed by atoms with Crippen LogP contribution in [-0.2, 0) is 13.0 Å². The molecule has 4 heteroatoms. The fraction of sp³-hybridized carbons (Fsp3) is 0.316. The van der Waals surface area contributed by atoms with Gasteiger partial charge in [-0.05, 0) is 49.1 Å². The minimum atomic E-state index is 0.488. The summed E-state index contributed by atoms with van der Waals surface area (Å²) in [5.74, 6) is 0.918. The molecule has 0 atom stereocenters. The summed E-state index contributed by atoms with van der Waals surface area (Å²) in [6.07, 6.45) is 1.85. The van der Waals surface area contributed by atoms with E-state index in [1.54, 1.807) is 0 Å². The Morgan fingerprint density at radius 1 is 1.22 bits per heavy atom. The number of nitrogens with one attached hydrogen (secondary N) is 1. The summed E-state index contributed by atoms with van der Waals surface area (Å²) in [5, 5.41) is 3.29. The van der Waals surface area contributed by atoms with Crippen LogP contribution in [0.15, 0.2) is 40.9 Å². The van der Waals surface area contributed by atoms with E-state index in [-0.39, 0.29) is 0 Å². The van der Waals surface area contributed by atoms with E-state index < -0.39 is 0 Å². The van der Waals surface area contributed by atoms with E-state index in [0.717, 1.165) is 44.9 Å². The molecule has 0 radical (unpaired) electrons. The number of rotatable bonds is 6. The van der Waals surface area contributed by atoms with Gasteiger partial charge in [0.15, 0.2) is 0 Å². The first-order chi connectivity index (χ1) is 11.0. The van der Waals surface area contributed by atoms with Crippen LogP contribution in [0.3, 0.4) is 0 Å². The number of aryl methyl sites for hydroxylation is 2. The summed E-state index contributed by atoms with van der Waals surface area (Å²) in [6.45, 7) is 6.77. The Labute approximate surface area is 152 Å². The zero-order valence-electron chi connectivity index (χ0n) is 13.8. The van der Waals surface area contributed by atoms with E-state index in [9.17, 15) is 0 Å². The van der Waals surface area contributed by atoms with E-state index in [4.69, 9.17) is 17.0 Å². The molecule has 0 amide bonds. The van der Waals surface area contributed by atoms with Gasteiger partial charge in [-0.15, -0.1) is 0 Å². The van der Waals surface area contributed by atoms with Crippen LogP contribution in [0.25, 0.3) is 0 Å². The molecule has 0 aliphatic carbocycles. The molecule has 0 unspecified atom stereocenters. The molecule has 0 aliphatic rings. The first-order valence-corrected chi connectivity index (χ1v) is 9.04. The molecule has 122 valence electrons.